The van der Waals surface area contributed by atoms with Crippen molar-refractivity contribution in [2.75, 3.05) is 0 Å². The lowest BCUT2D eigenvalue weighted by molar-refractivity contribution is 0.241. The highest BCUT2D eigenvalue weighted by atomic mass is 15.2. The fourth-order valence-corrected chi connectivity index (χ4v) is 3.88. The van der Waals surface area contributed by atoms with Gasteiger partial charge in [-0.05, 0) is 50.4 Å². The van der Waals surface area contributed by atoms with Crippen LogP contribution in [0.5, 0.6) is 0 Å². The average molecular weight is 274 g/mol. The SMILES string of the molecule is CC1(C)C=CCC(C)(N=NC2(C)CC=CC(C)(C)C2)C1. The van der Waals surface area contributed by atoms with E-state index in [4.69, 9.17) is 10.2 Å². The maximum Gasteiger partial charge on any atom is 0.0830 e. The van der Waals surface area contributed by atoms with Crippen LogP contribution in [0.2, 0.25) is 0 Å². The molecule has 112 valence electrons. The Morgan fingerprint density at radius 2 is 1.00 bits per heavy atom. The monoisotopic (exact) mass is 274 g/mol. The molecule has 2 heteroatoms. The predicted molar refractivity (Wildman–Crippen MR) is 86.0 cm³/mol. The van der Waals surface area contributed by atoms with Crippen molar-refractivity contribution in [3.8, 4) is 0 Å². The summed E-state index contributed by atoms with van der Waals surface area (Å²) in [6.07, 6.45) is 13.4. The molecule has 0 aromatic carbocycles. The first-order chi connectivity index (χ1) is 9.04. The average Bonchev–Trinajstić information content (AvgIpc) is 2.23. The molecule has 2 aliphatic rings. The third kappa shape index (κ3) is 3.80. The highest BCUT2D eigenvalue weighted by Gasteiger charge is 2.37. The van der Waals surface area contributed by atoms with Gasteiger partial charge in [0, 0.05) is 0 Å². The summed E-state index contributed by atoms with van der Waals surface area (Å²) in [6, 6.07) is 0. The maximum absolute atomic E-state index is 4.81. The molecule has 2 atom stereocenters. The molecule has 2 aliphatic carbocycles. The minimum atomic E-state index is -0.0352. The molecule has 0 radical (unpaired) electrons. The summed E-state index contributed by atoms with van der Waals surface area (Å²) in [7, 11) is 0. The van der Waals surface area contributed by atoms with E-state index in [1.807, 2.05) is 0 Å². The highest BCUT2D eigenvalue weighted by molar-refractivity contribution is 5.11. The van der Waals surface area contributed by atoms with Gasteiger partial charge in [0.05, 0.1) is 11.1 Å². The van der Waals surface area contributed by atoms with Crippen LogP contribution >= 0.6 is 0 Å². The van der Waals surface area contributed by atoms with Crippen molar-refractivity contribution in [1.29, 1.82) is 0 Å². The van der Waals surface area contributed by atoms with Crippen molar-refractivity contribution < 1.29 is 0 Å². The predicted octanol–water partition coefficient (Wildman–Crippen LogP) is 5.71. The topological polar surface area (TPSA) is 24.7 Å². The Hall–Kier alpha value is -0.920. The Labute approximate surface area is 124 Å². The fraction of sp³-hybridized carbons (Fsp3) is 0.778. The molecule has 0 saturated carbocycles. The van der Waals surface area contributed by atoms with Gasteiger partial charge in [0.25, 0.3) is 0 Å². The van der Waals surface area contributed by atoms with Crippen LogP contribution in [0, 0.1) is 10.8 Å². The van der Waals surface area contributed by atoms with Gasteiger partial charge in [-0.2, -0.15) is 10.2 Å². The van der Waals surface area contributed by atoms with Gasteiger partial charge in [-0.25, -0.2) is 0 Å². The number of hydrogen-bond acceptors (Lipinski definition) is 2. The van der Waals surface area contributed by atoms with Gasteiger partial charge in [-0.1, -0.05) is 52.0 Å². The lowest BCUT2D eigenvalue weighted by Crippen LogP contribution is -2.35. The molecule has 0 spiro atoms. The Morgan fingerprint density at radius 3 is 1.30 bits per heavy atom. The number of nitrogens with zero attached hydrogens (tertiary/aromatic N) is 2. The largest absolute Gasteiger partial charge is 0.187 e. The molecule has 0 aliphatic heterocycles. The van der Waals surface area contributed by atoms with E-state index in [2.05, 4.69) is 65.8 Å². The highest BCUT2D eigenvalue weighted by Crippen LogP contribution is 2.42. The van der Waals surface area contributed by atoms with Crippen LogP contribution in [-0.4, -0.2) is 11.1 Å². The van der Waals surface area contributed by atoms with Crippen LogP contribution in [0.1, 0.15) is 67.2 Å². The van der Waals surface area contributed by atoms with Crippen molar-refractivity contribution in [3.63, 3.8) is 0 Å². The van der Waals surface area contributed by atoms with E-state index in [9.17, 15) is 0 Å². The van der Waals surface area contributed by atoms with Gasteiger partial charge in [0.1, 0.15) is 0 Å². The van der Waals surface area contributed by atoms with Crippen LogP contribution in [-0.2, 0) is 0 Å². The zero-order chi connectivity index (χ0) is 15.1. The van der Waals surface area contributed by atoms with Crippen molar-refractivity contribution in [3.05, 3.63) is 24.3 Å². The number of hydrogen-bond donors (Lipinski definition) is 0. The van der Waals surface area contributed by atoms with Crippen LogP contribution in [0.3, 0.4) is 0 Å². The Balaban J connectivity index is 2.13. The van der Waals surface area contributed by atoms with E-state index < -0.39 is 0 Å². The van der Waals surface area contributed by atoms with Crippen LogP contribution < -0.4 is 0 Å². The van der Waals surface area contributed by atoms with E-state index in [1.165, 1.54) is 0 Å². The van der Waals surface area contributed by atoms with Crippen molar-refractivity contribution >= 4 is 0 Å². The first-order valence-electron chi connectivity index (χ1n) is 7.83. The summed E-state index contributed by atoms with van der Waals surface area (Å²) in [5, 5.41) is 9.62. The summed E-state index contributed by atoms with van der Waals surface area (Å²) in [6.45, 7) is 13.6. The maximum atomic E-state index is 4.81. The van der Waals surface area contributed by atoms with Crippen molar-refractivity contribution in [2.45, 2.75) is 78.3 Å². The summed E-state index contributed by atoms with van der Waals surface area (Å²) < 4.78 is 0. The third-order valence-electron chi connectivity index (χ3n) is 4.46. The standard InChI is InChI=1S/C18H30N2/c1-15(2)9-7-11-17(5,13-15)19-20-18(6)12-8-10-16(3,4)14-18/h7-10H,11-14H2,1-6H3. The lowest BCUT2D eigenvalue weighted by atomic mass is 9.73. The molecule has 2 rings (SSSR count). The van der Waals surface area contributed by atoms with E-state index in [0.29, 0.717) is 0 Å². The molecule has 0 N–H and O–H groups in total. The molecule has 2 nitrogen and oxygen atoms in total. The second-order valence-electron chi connectivity index (χ2n) is 8.74. The molecule has 0 bridgehead atoms. The van der Waals surface area contributed by atoms with E-state index in [0.717, 1.165) is 25.7 Å². The molecule has 20 heavy (non-hydrogen) atoms. The quantitative estimate of drug-likeness (QED) is 0.455. The molecule has 0 amide bonds. The van der Waals surface area contributed by atoms with E-state index >= 15 is 0 Å². The van der Waals surface area contributed by atoms with Crippen LogP contribution in [0.25, 0.3) is 0 Å². The second-order valence-corrected chi connectivity index (χ2v) is 8.74. The van der Waals surface area contributed by atoms with E-state index in [-0.39, 0.29) is 21.9 Å². The summed E-state index contributed by atoms with van der Waals surface area (Å²) >= 11 is 0. The third-order valence-corrected chi connectivity index (χ3v) is 4.46. The van der Waals surface area contributed by atoms with Crippen LogP contribution in [0.15, 0.2) is 34.5 Å². The van der Waals surface area contributed by atoms with Gasteiger partial charge in [-0.3, -0.25) is 0 Å². The van der Waals surface area contributed by atoms with E-state index in [1.54, 1.807) is 0 Å². The smallest absolute Gasteiger partial charge is 0.0830 e. The van der Waals surface area contributed by atoms with Gasteiger partial charge < -0.3 is 0 Å². The van der Waals surface area contributed by atoms with Gasteiger partial charge >= 0.3 is 0 Å². The fourth-order valence-electron chi connectivity index (χ4n) is 3.88. The zero-order valence-corrected chi connectivity index (χ0v) is 14.0. The van der Waals surface area contributed by atoms with Crippen molar-refractivity contribution in [2.24, 2.45) is 21.1 Å². The number of allylic oxidation sites excluding steroid dienone is 2. The zero-order valence-electron chi connectivity index (χ0n) is 14.0. The lowest BCUT2D eigenvalue weighted by Gasteiger charge is -2.38. The number of azo groups is 1. The first-order valence-corrected chi connectivity index (χ1v) is 7.83. The van der Waals surface area contributed by atoms with Gasteiger partial charge in [-0.15, -0.1) is 0 Å². The number of rotatable bonds is 2. The molecule has 0 heterocycles. The molecule has 0 saturated heterocycles. The molecule has 0 fully saturated rings. The Morgan fingerprint density at radius 1 is 0.650 bits per heavy atom. The first kappa shape index (κ1) is 15.5. The molecular formula is C18H30N2. The van der Waals surface area contributed by atoms with Crippen molar-refractivity contribution in [1.82, 2.24) is 0 Å². The molecule has 0 aromatic heterocycles. The normalized spacial score (nSPS) is 39.3. The van der Waals surface area contributed by atoms with Crippen LogP contribution in [0.4, 0.5) is 0 Å². The Bertz CT molecular complexity index is 414. The minimum Gasteiger partial charge on any atom is -0.187 e. The molecule has 2 unspecified atom stereocenters. The minimum absolute atomic E-state index is 0.0352. The van der Waals surface area contributed by atoms with Gasteiger partial charge in [0.2, 0.25) is 0 Å². The molecular weight excluding hydrogens is 244 g/mol. The summed E-state index contributed by atoms with van der Waals surface area (Å²) in [4.78, 5) is 0. The Kier molecular flexibility index (Phi) is 3.73. The summed E-state index contributed by atoms with van der Waals surface area (Å²) in [5.74, 6) is 0. The van der Waals surface area contributed by atoms with Gasteiger partial charge in [0.15, 0.2) is 0 Å². The summed E-state index contributed by atoms with van der Waals surface area (Å²) in [5.41, 5.74) is 0.399. The molecule has 0 aromatic rings. The second kappa shape index (κ2) is 4.82.